The van der Waals surface area contributed by atoms with Crippen LogP contribution in [-0.4, -0.2) is 130 Å². The van der Waals surface area contributed by atoms with Crippen molar-refractivity contribution in [2.24, 2.45) is 0 Å². The molecule has 3 fully saturated rings. The summed E-state index contributed by atoms with van der Waals surface area (Å²) in [7, 11) is -2.13. The predicted octanol–water partition coefficient (Wildman–Crippen LogP) is 2.06. The van der Waals surface area contributed by atoms with Crippen molar-refractivity contribution in [2.45, 2.75) is 44.0 Å². The van der Waals surface area contributed by atoms with E-state index in [2.05, 4.69) is 9.80 Å². The van der Waals surface area contributed by atoms with Crippen molar-refractivity contribution in [1.82, 2.24) is 19.0 Å². The molecule has 1 amide bonds. The van der Waals surface area contributed by atoms with Crippen LogP contribution in [0.5, 0.6) is 5.75 Å². The second-order valence-corrected chi connectivity index (χ2v) is 13.6. The van der Waals surface area contributed by atoms with Crippen molar-refractivity contribution in [3.05, 3.63) is 23.3 Å². The lowest BCUT2D eigenvalue weighted by molar-refractivity contribution is -0.138. The maximum atomic E-state index is 13.7. The SMILES string of the molecule is COc1cc(C)c(S(=O)(=O)N2CCSCC2COCC(=O)N2CCN(CCCN3CCCC3)CC2)c(C)c1. The molecule has 0 aromatic heterocycles. The molecule has 1 atom stereocenters. The zero-order chi connectivity index (χ0) is 27.1. The van der Waals surface area contributed by atoms with Crippen LogP contribution in [0.25, 0.3) is 0 Å². The number of sulfonamides is 1. The maximum absolute atomic E-state index is 13.7. The minimum absolute atomic E-state index is 0.00932. The Kier molecular flexibility index (Phi) is 10.8. The molecule has 0 saturated carbocycles. The Hall–Kier alpha value is -1.37. The van der Waals surface area contributed by atoms with Crippen molar-refractivity contribution < 1.29 is 22.7 Å². The third-order valence-corrected chi connectivity index (χ3v) is 11.2. The average molecular weight is 569 g/mol. The van der Waals surface area contributed by atoms with Gasteiger partial charge >= 0.3 is 0 Å². The Bertz CT molecular complexity index is 1020. The lowest BCUT2D eigenvalue weighted by Gasteiger charge is -2.36. The van der Waals surface area contributed by atoms with Crippen LogP contribution in [0.3, 0.4) is 0 Å². The third kappa shape index (κ3) is 7.42. The molecule has 0 aliphatic carbocycles. The van der Waals surface area contributed by atoms with E-state index in [1.807, 2.05) is 4.90 Å². The van der Waals surface area contributed by atoms with Gasteiger partial charge in [0, 0.05) is 44.2 Å². The van der Waals surface area contributed by atoms with Gasteiger partial charge in [0.25, 0.3) is 0 Å². The number of aryl methyl sites for hydroxylation is 2. The van der Waals surface area contributed by atoms with Crippen molar-refractivity contribution in [3.63, 3.8) is 0 Å². The number of piperazine rings is 1. The molecule has 214 valence electrons. The summed E-state index contributed by atoms with van der Waals surface area (Å²) >= 11 is 1.72. The van der Waals surface area contributed by atoms with Gasteiger partial charge in [-0.1, -0.05) is 0 Å². The Morgan fingerprint density at radius 3 is 2.24 bits per heavy atom. The number of benzene rings is 1. The number of ether oxygens (including phenoxy) is 2. The lowest BCUT2D eigenvalue weighted by Crippen LogP contribution is -2.51. The van der Waals surface area contributed by atoms with Crippen LogP contribution in [0.4, 0.5) is 0 Å². The summed E-state index contributed by atoms with van der Waals surface area (Å²) < 4.78 is 40.1. The molecule has 0 bridgehead atoms. The highest BCUT2D eigenvalue weighted by molar-refractivity contribution is 7.99. The first-order valence-electron chi connectivity index (χ1n) is 13.8. The van der Waals surface area contributed by atoms with Crippen molar-refractivity contribution in [3.8, 4) is 5.75 Å². The third-order valence-electron chi connectivity index (χ3n) is 7.82. The normalized spacial score (nSPS) is 22.2. The number of thioether (sulfide) groups is 1. The van der Waals surface area contributed by atoms with Crippen molar-refractivity contribution in [2.75, 3.05) is 90.7 Å². The van der Waals surface area contributed by atoms with Crippen molar-refractivity contribution >= 4 is 27.7 Å². The number of nitrogens with zero attached hydrogens (tertiary/aromatic N) is 4. The predicted molar refractivity (Wildman–Crippen MR) is 152 cm³/mol. The molecule has 9 nitrogen and oxygen atoms in total. The Morgan fingerprint density at radius 2 is 1.61 bits per heavy atom. The minimum Gasteiger partial charge on any atom is -0.497 e. The Balaban J connectivity index is 1.24. The number of carbonyl (C=O) groups is 1. The van der Waals surface area contributed by atoms with Crippen LogP contribution in [0.15, 0.2) is 17.0 Å². The number of rotatable bonds is 11. The fourth-order valence-electron chi connectivity index (χ4n) is 5.76. The van der Waals surface area contributed by atoms with Gasteiger partial charge in [-0.3, -0.25) is 9.69 Å². The zero-order valence-corrected chi connectivity index (χ0v) is 24.8. The summed E-state index contributed by atoms with van der Waals surface area (Å²) in [5, 5.41) is 0. The van der Waals surface area contributed by atoms with E-state index in [-0.39, 0.29) is 25.2 Å². The van der Waals surface area contributed by atoms with Crippen LogP contribution in [-0.2, 0) is 19.6 Å². The Morgan fingerprint density at radius 1 is 0.974 bits per heavy atom. The molecule has 4 rings (SSSR count). The molecule has 3 aliphatic rings. The summed E-state index contributed by atoms with van der Waals surface area (Å²) in [6.07, 6.45) is 3.85. The molecule has 38 heavy (non-hydrogen) atoms. The molecular formula is C27H44N4O5S2. The highest BCUT2D eigenvalue weighted by Gasteiger charge is 2.36. The molecule has 0 N–H and O–H groups in total. The van der Waals surface area contributed by atoms with E-state index in [0.717, 1.165) is 38.5 Å². The number of hydrogen-bond donors (Lipinski definition) is 0. The minimum atomic E-state index is -3.71. The van der Waals surface area contributed by atoms with Gasteiger partial charge in [0.15, 0.2) is 0 Å². The van der Waals surface area contributed by atoms with Gasteiger partial charge in [-0.15, -0.1) is 0 Å². The number of amides is 1. The van der Waals surface area contributed by atoms with Crippen LogP contribution in [0.1, 0.15) is 30.4 Å². The van der Waals surface area contributed by atoms with Gasteiger partial charge in [-0.05, 0) is 82.5 Å². The standard InChI is InChI=1S/C27H44N4O5S2/c1-22-17-25(35-3)18-23(2)27(22)38(33,34)31-15-16-37-21-24(31)19-36-20-26(32)30-13-11-29(12-14-30)10-6-9-28-7-4-5-8-28/h17-18,24H,4-16,19-21H2,1-3H3. The van der Waals surface area contributed by atoms with Gasteiger partial charge in [-0.25, -0.2) is 8.42 Å². The van der Waals surface area contributed by atoms with Crippen LogP contribution in [0, 0.1) is 13.8 Å². The van der Waals surface area contributed by atoms with E-state index < -0.39 is 10.0 Å². The molecule has 1 aromatic rings. The highest BCUT2D eigenvalue weighted by atomic mass is 32.2. The molecule has 3 heterocycles. The molecule has 3 aliphatic heterocycles. The van der Waals surface area contributed by atoms with E-state index in [1.165, 1.54) is 38.9 Å². The monoisotopic (exact) mass is 568 g/mol. The topological polar surface area (TPSA) is 82.6 Å². The molecule has 3 saturated heterocycles. The second-order valence-electron chi connectivity index (χ2n) is 10.6. The Labute approximate surface area is 232 Å². The number of carbonyl (C=O) groups excluding carboxylic acids is 1. The van der Waals surface area contributed by atoms with Gasteiger partial charge in [-0.2, -0.15) is 16.1 Å². The van der Waals surface area contributed by atoms with Crippen molar-refractivity contribution in [1.29, 1.82) is 0 Å². The lowest BCUT2D eigenvalue weighted by atomic mass is 10.1. The van der Waals surface area contributed by atoms with Gasteiger partial charge in [0.05, 0.1) is 24.7 Å². The van der Waals surface area contributed by atoms with Gasteiger partial charge < -0.3 is 19.3 Å². The molecule has 0 radical (unpaired) electrons. The van der Waals surface area contributed by atoms with Crippen LogP contribution < -0.4 is 4.74 Å². The average Bonchev–Trinajstić information content (AvgIpc) is 3.42. The second kappa shape index (κ2) is 13.8. The number of methoxy groups -OCH3 is 1. The summed E-state index contributed by atoms with van der Waals surface area (Å²) in [4.78, 5) is 20.0. The fourth-order valence-corrected chi connectivity index (χ4v) is 9.03. The van der Waals surface area contributed by atoms with Gasteiger partial charge in [0.2, 0.25) is 15.9 Å². The quantitative estimate of drug-likeness (QED) is 0.401. The molecular weight excluding hydrogens is 524 g/mol. The molecule has 11 heteroatoms. The summed E-state index contributed by atoms with van der Waals surface area (Å²) in [6.45, 7) is 12.2. The molecule has 1 unspecified atom stereocenters. The van der Waals surface area contributed by atoms with E-state index in [9.17, 15) is 13.2 Å². The fraction of sp³-hybridized carbons (Fsp3) is 0.741. The first-order chi connectivity index (χ1) is 18.3. The summed E-state index contributed by atoms with van der Waals surface area (Å²) in [6, 6.07) is 3.21. The largest absolute Gasteiger partial charge is 0.497 e. The van der Waals surface area contributed by atoms with Crippen LogP contribution >= 0.6 is 11.8 Å². The number of likely N-dealkylation sites (tertiary alicyclic amines) is 1. The first-order valence-corrected chi connectivity index (χ1v) is 16.4. The summed E-state index contributed by atoms with van der Waals surface area (Å²) in [5.41, 5.74) is 1.34. The van der Waals surface area contributed by atoms with Crippen LogP contribution in [0.2, 0.25) is 0 Å². The highest BCUT2D eigenvalue weighted by Crippen LogP contribution is 2.31. The van der Waals surface area contributed by atoms with Gasteiger partial charge in [0.1, 0.15) is 12.4 Å². The van der Waals surface area contributed by atoms with E-state index in [4.69, 9.17) is 9.47 Å². The first kappa shape index (κ1) is 29.6. The zero-order valence-electron chi connectivity index (χ0n) is 23.2. The molecule has 1 aromatic carbocycles. The van der Waals surface area contributed by atoms with E-state index in [1.54, 1.807) is 49.2 Å². The van der Waals surface area contributed by atoms with E-state index >= 15 is 0 Å². The maximum Gasteiger partial charge on any atom is 0.248 e. The summed E-state index contributed by atoms with van der Waals surface area (Å²) in [5.74, 6) is 2.03. The molecule has 0 spiro atoms. The van der Waals surface area contributed by atoms with E-state index in [0.29, 0.717) is 34.1 Å². The number of hydrogen-bond acceptors (Lipinski definition) is 8. The smallest absolute Gasteiger partial charge is 0.248 e.